The first-order valence-corrected chi connectivity index (χ1v) is 8.04. The zero-order valence-electron chi connectivity index (χ0n) is 13.5. The summed E-state index contributed by atoms with van der Waals surface area (Å²) in [6, 6.07) is 12.6. The Labute approximate surface area is 136 Å². The molecule has 1 heterocycles. The van der Waals surface area contributed by atoms with E-state index in [1.165, 1.54) is 6.07 Å². The molecular weight excluding hydrogens is 291 g/mol. The van der Waals surface area contributed by atoms with Crippen molar-refractivity contribution >= 4 is 11.6 Å². The molecule has 3 nitrogen and oxygen atoms in total. The molecule has 0 bridgehead atoms. The molecule has 1 amide bonds. The van der Waals surface area contributed by atoms with E-state index in [1.807, 2.05) is 37.3 Å². The lowest BCUT2D eigenvalue weighted by Gasteiger charge is -2.27. The second-order valence-corrected chi connectivity index (χ2v) is 5.97. The minimum atomic E-state index is -0.317. The van der Waals surface area contributed by atoms with E-state index in [-0.39, 0.29) is 17.9 Å². The standard InChI is InChI=1S/C19H21FN2O/c1-3-4-11-22-18(14-7-5-6-8-15(14)19(22)23)21-17-10-9-13(2)12-16(17)20/h5-10,12,18,21H,3-4,11H2,1-2H3/t18-/m1/s1. The summed E-state index contributed by atoms with van der Waals surface area (Å²) in [5.41, 5.74) is 2.91. The molecule has 0 fully saturated rings. The van der Waals surface area contributed by atoms with Crippen molar-refractivity contribution in [1.29, 1.82) is 0 Å². The monoisotopic (exact) mass is 312 g/mol. The molecule has 0 spiro atoms. The third-order valence-electron chi connectivity index (χ3n) is 4.23. The second-order valence-electron chi connectivity index (χ2n) is 5.97. The van der Waals surface area contributed by atoms with Crippen LogP contribution in [0.15, 0.2) is 42.5 Å². The summed E-state index contributed by atoms with van der Waals surface area (Å²) in [7, 11) is 0. The van der Waals surface area contributed by atoms with E-state index in [0.29, 0.717) is 17.8 Å². The minimum Gasteiger partial charge on any atom is -0.359 e. The van der Waals surface area contributed by atoms with Crippen molar-refractivity contribution in [2.75, 3.05) is 11.9 Å². The highest BCUT2D eigenvalue weighted by atomic mass is 19.1. The van der Waals surface area contributed by atoms with Gasteiger partial charge in [-0.05, 0) is 37.1 Å². The molecule has 1 atom stereocenters. The van der Waals surface area contributed by atoms with Crippen LogP contribution >= 0.6 is 0 Å². The highest BCUT2D eigenvalue weighted by Crippen LogP contribution is 2.35. The molecule has 0 aliphatic carbocycles. The van der Waals surface area contributed by atoms with Crippen LogP contribution in [0.1, 0.15) is 47.4 Å². The van der Waals surface area contributed by atoms with Crippen LogP contribution in [-0.2, 0) is 0 Å². The average molecular weight is 312 g/mol. The number of nitrogens with zero attached hydrogens (tertiary/aromatic N) is 1. The van der Waals surface area contributed by atoms with E-state index in [9.17, 15) is 9.18 Å². The van der Waals surface area contributed by atoms with Crippen molar-refractivity contribution in [3.63, 3.8) is 0 Å². The summed E-state index contributed by atoms with van der Waals surface area (Å²) in [4.78, 5) is 14.4. The molecule has 1 aliphatic rings. The molecule has 0 saturated carbocycles. The maximum absolute atomic E-state index is 14.2. The van der Waals surface area contributed by atoms with Crippen molar-refractivity contribution < 1.29 is 9.18 Å². The molecule has 0 aromatic heterocycles. The Morgan fingerprint density at radius 1 is 1.22 bits per heavy atom. The lowest BCUT2D eigenvalue weighted by molar-refractivity contribution is 0.0740. The largest absolute Gasteiger partial charge is 0.359 e. The summed E-state index contributed by atoms with van der Waals surface area (Å²) in [6.45, 7) is 4.61. The van der Waals surface area contributed by atoms with Crippen LogP contribution in [0.4, 0.5) is 10.1 Å². The second kappa shape index (κ2) is 6.41. The van der Waals surface area contributed by atoms with Gasteiger partial charge < -0.3 is 10.2 Å². The lowest BCUT2D eigenvalue weighted by atomic mass is 10.1. The Hall–Kier alpha value is -2.36. The average Bonchev–Trinajstić information content (AvgIpc) is 2.81. The molecule has 23 heavy (non-hydrogen) atoms. The molecule has 0 radical (unpaired) electrons. The SMILES string of the molecule is CCCCN1C(=O)c2ccccc2[C@@H]1Nc1ccc(C)cc1F. The Balaban J connectivity index is 1.94. The number of amides is 1. The van der Waals surface area contributed by atoms with Crippen molar-refractivity contribution in [1.82, 2.24) is 4.90 Å². The smallest absolute Gasteiger partial charge is 0.256 e. The summed E-state index contributed by atoms with van der Waals surface area (Å²) in [5, 5.41) is 3.21. The number of hydrogen-bond donors (Lipinski definition) is 1. The fraction of sp³-hybridized carbons (Fsp3) is 0.316. The van der Waals surface area contributed by atoms with Crippen LogP contribution < -0.4 is 5.32 Å². The van der Waals surface area contributed by atoms with Gasteiger partial charge in [-0.25, -0.2) is 4.39 Å². The summed E-state index contributed by atoms with van der Waals surface area (Å²) >= 11 is 0. The molecular formula is C19H21FN2O. The zero-order chi connectivity index (χ0) is 16.4. The van der Waals surface area contributed by atoms with Crippen LogP contribution in [0, 0.1) is 12.7 Å². The van der Waals surface area contributed by atoms with Gasteiger partial charge in [-0.2, -0.15) is 0 Å². The summed E-state index contributed by atoms with van der Waals surface area (Å²) in [6.07, 6.45) is 1.61. The van der Waals surface area contributed by atoms with Gasteiger partial charge in [0.15, 0.2) is 0 Å². The van der Waals surface area contributed by atoms with Crippen LogP contribution in [0.25, 0.3) is 0 Å². The number of carbonyl (C=O) groups excluding carboxylic acids is 1. The predicted octanol–water partition coefficient (Wildman–Crippen LogP) is 4.50. The van der Waals surface area contributed by atoms with Gasteiger partial charge in [-0.1, -0.05) is 37.6 Å². The Morgan fingerprint density at radius 3 is 2.74 bits per heavy atom. The summed E-state index contributed by atoms with van der Waals surface area (Å²) in [5.74, 6) is -0.281. The minimum absolute atomic E-state index is 0.0130. The first-order chi connectivity index (χ1) is 11.1. The quantitative estimate of drug-likeness (QED) is 0.881. The number of benzene rings is 2. The van der Waals surface area contributed by atoms with Gasteiger partial charge in [-0.3, -0.25) is 4.79 Å². The van der Waals surface area contributed by atoms with Gasteiger partial charge in [0.25, 0.3) is 5.91 Å². The molecule has 2 aromatic rings. The van der Waals surface area contributed by atoms with Crippen molar-refractivity contribution in [3.8, 4) is 0 Å². The Bertz CT molecular complexity index is 729. The van der Waals surface area contributed by atoms with Gasteiger partial charge in [-0.15, -0.1) is 0 Å². The number of halogens is 1. The molecule has 1 aliphatic heterocycles. The van der Waals surface area contributed by atoms with Crippen LogP contribution in [0.3, 0.4) is 0 Å². The van der Waals surface area contributed by atoms with E-state index in [1.54, 1.807) is 11.0 Å². The summed E-state index contributed by atoms with van der Waals surface area (Å²) < 4.78 is 14.2. The number of nitrogens with one attached hydrogen (secondary N) is 1. The lowest BCUT2D eigenvalue weighted by Crippen LogP contribution is -2.33. The van der Waals surface area contributed by atoms with Crippen molar-refractivity contribution in [2.24, 2.45) is 0 Å². The van der Waals surface area contributed by atoms with E-state index in [2.05, 4.69) is 12.2 Å². The van der Waals surface area contributed by atoms with Crippen LogP contribution in [0.2, 0.25) is 0 Å². The van der Waals surface area contributed by atoms with E-state index < -0.39 is 0 Å². The van der Waals surface area contributed by atoms with E-state index >= 15 is 0 Å². The van der Waals surface area contributed by atoms with Crippen LogP contribution in [0.5, 0.6) is 0 Å². The van der Waals surface area contributed by atoms with Crippen LogP contribution in [-0.4, -0.2) is 17.4 Å². The number of fused-ring (bicyclic) bond motifs is 1. The number of aryl methyl sites for hydroxylation is 1. The predicted molar refractivity (Wildman–Crippen MR) is 89.9 cm³/mol. The fourth-order valence-corrected chi connectivity index (χ4v) is 2.97. The molecule has 2 aromatic carbocycles. The highest BCUT2D eigenvalue weighted by Gasteiger charge is 2.36. The molecule has 0 unspecified atom stereocenters. The molecule has 4 heteroatoms. The molecule has 0 saturated heterocycles. The normalized spacial score (nSPS) is 16.6. The van der Waals surface area contributed by atoms with Gasteiger partial charge in [0, 0.05) is 17.7 Å². The number of unbranched alkanes of at least 4 members (excludes halogenated alkanes) is 1. The Kier molecular flexibility index (Phi) is 4.33. The topological polar surface area (TPSA) is 32.3 Å². The van der Waals surface area contributed by atoms with Crippen molar-refractivity contribution in [3.05, 3.63) is 65.0 Å². The molecule has 3 rings (SSSR count). The third-order valence-corrected chi connectivity index (χ3v) is 4.23. The first-order valence-electron chi connectivity index (χ1n) is 8.04. The Morgan fingerprint density at radius 2 is 2.00 bits per heavy atom. The number of rotatable bonds is 5. The fourth-order valence-electron chi connectivity index (χ4n) is 2.97. The molecule has 1 N–H and O–H groups in total. The first kappa shape index (κ1) is 15.5. The maximum Gasteiger partial charge on any atom is 0.256 e. The number of carbonyl (C=O) groups is 1. The van der Waals surface area contributed by atoms with E-state index in [4.69, 9.17) is 0 Å². The van der Waals surface area contributed by atoms with Crippen molar-refractivity contribution in [2.45, 2.75) is 32.9 Å². The zero-order valence-corrected chi connectivity index (χ0v) is 13.5. The molecule has 120 valence electrons. The number of anilines is 1. The van der Waals surface area contributed by atoms with E-state index in [0.717, 1.165) is 24.0 Å². The van der Waals surface area contributed by atoms with Gasteiger partial charge in [0.1, 0.15) is 12.0 Å². The number of hydrogen-bond acceptors (Lipinski definition) is 2. The van der Waals surface area contributed by atoms with Gasteiger partial charge >= 0.3 is 0 Å². The third kappa shape index (κ3) is 2.93. The highest BCUT2D eigenvalue weighted by molar-refractivity contribution is 5.99. The van der Waals surface area contributed by atoms with Gasteiger partial charge in [0.05, 0.1) is 5.69 Å². The van der Waals surface area contributed by atoms with Gasteiger partial charge in [0.2, 0.25) is 0 Å². The maximum atomic E-state index is 14.2.